The Morgan fingerprint density at radius 3 is 2.58 bits per heavy atom. The first-order chi connectivity index (χ1) is 14.5. The van der Waals surface area contributed by atoms with E-state index in [2.05, 4.69) is 10.2 Å². The summed E-state index contributed by atoms with van der Waals surface area (Å²) in [6, 6.07) is 4.09. The Labute approximate surface area is 183 Å². The van der Waals surface area contributed by atoms with Gasteiger partial charge in [0.25, 0.3) is 0 Å². The highest BCUT2D eigenvalue weighted by Crippen LogP contribution is 2.32. The molecule has 0 aliphatic heterocycles. The Balaban J connectivity index is 2.19. The largest absolute Gasteiger partial charge is 0.446 e. The van der Waals surface area contributed by atoms with Crippen molar-refractivity contribution in [3.63, 3.8) is 0 Å². The maximum absolute atomic E-state index is 12.9. The first-order valence-corrected chi connectivity index (χ1v) is 11.6. The summed E-state index contributed by atoms with van der Waals surface area (Å²) in [6.07, 6.45) is 2.68. The van der Waals surface area contributed by atoms with Crippen LogP contribution in [-0.4, -0.2) is 31.6 Å². The maximum atomic E-state index is 12.9. The Morgan fingerprint density at radius 1 is 1.26 bits per heavy atom. The molecule has 0 aromatic heterocycles. The van der Waals surface area contributed by atoms with Gasteiger partial charge in [-0.3, -0.25) is 4.79 Å². The van der Waals surface area contributed by atoms with Gasteiger partial charge in [0, 0.05) is 17.5 Å². The molecular formula is C22H28N2O6S. The molecule has 1 aromatic carbocycles. The standard InChI is InChI=1S/C22H28N2O6S/c1-14(2)21(25)18-8-6-7-9-20(18)31(27,28)30-17-11-10-16(19(12-17)23-5)13-29-22(26)24-15(3)4/h8,10-12,14-15,20H,6-7,9,13H2,1-4H3,(H,24,26). The molecule has 0 spiro atoms. The van der Waals surface area contributed by atoms with Crippen molar-refractivity contribution in [1.82, 2.24) is 5.32 Å². The van der Waals surface area contributed by atoms with Crippen LogP contribution in [-0.2, 0) is 26.3 Å². The molecule has 1 unspecified atom stereocenters. The van der Waals surface area contributed by atoms with Crippen LogP contribution in [0.1, 0.15) is 52.5 Å². The normalized spacial score (nSPS) is 16.4. The van der Waals surface area contributed by atoms with Gasteiger partial charge in [-0.1, -0.05) is 26.0 Å². The average Bonchev–Trinajstić information content (AvgIpc) is 2.71. The van der Waals surface area contributed by atoms with Crippen LogP contribution in [0.3, 0.4) is 0 Å². The predicted octanol–water partition coefficient (Wildman–Crippen LogP) is 4.28. The fourth-order valence-electron chi connectivity index (χ4n) is 3.17. The minimum atomic E-state index is -4.13. The Kier molecular flexibility index (Phi) is 8.22. The molecule has 1 aliphatic carbocycles. The van der Waals surface area contributed by atoms with Gasteiger partial charge in [0.2, 0.25) is 0 Å². The molecule has 8 nitrogen and oxygen atoms in total. The van der Waals surface area contributed by atoms with Crippen LogP contribution >= 0.6 is 0 Å². The fraction of sp³-hybridized carbons (Fsp3) is 0.500. The van der Waals surface area contributed by atoms with Crippen molar-refractivity contribution >= 4 is 27.7 Å². The van der Waals surface area contributed by atoms with Crippen molar-refractivity contribution in [2.75, 3.05) is 0 Å². The maximum Gasteiger partial charge on any atom is 0.407 e. The fourth-order valence-corrected chi connectivity index (χ4v) is 4.64. The second-order valence-electron chi connectivity index (χ2n) is 7.95. The molecule has 31 heavy (non-hydrogen) atoms. The first kappa shape index (κ1) is 24.4. The quantitative estimate of drug-likeness (QED) is 0.470. The van der Waals surface area contributed by atoms with E-state index in [1.807, 2.05) is 0 Å². The van der Waals surface area contributed by atoms with Gasteiger partial charge in [0.05, 0.1) is 6.57 Å². The summed E-state index contributed by atoms with van der Waals surface area (Å²) >= 11 is 0. The number of hydrogen-bond acceptors (Lipinski definition) is 6. The highest BCUT2D eigenvalue weighted by atomic mass is 32.2. The molecule has 1 amide bonds. The van der Waals surface area contributed by atoms with Crippen molar-refractivity contribution in [2.24, 2.45) is 5.92 Å². The highest BCUT2D eigenvalue weighted by Gasteiger charge is 2.36. The zero-order chi connectivity index (χ0) is 23.2. The summed E-state index contributed by atoms with van der Waals surface area (Å²) in [5.41, 5.74) is 0.808. The number of rotatable bonds is 8. The smallest absolute Gasteiger partial charge is 0.407 e. The van der Waals surface area contributed by atoms with Gasteiger partial charge in [-0.15, -0.1) is 0 Å². The topological polar surface area (TPSA) is 103 Å². The number of nitrogens with one attached hydrogen (secondary N) is 1. The van der Waals surface area contributed by atoms with Crippen LogP contribution in [0.25, 0.3) is 4.85 Å². The lowest BCUT2D eigenvalue weighted by Crippen LogP contribution is -2.34. The van der Waals surface area contributed by atoms with E-state index in [-0.39, 0.29) is 41.4 Å². The third-order valence-corrected chi connectivity index (χ3v) is 6.31. The molecule has 0 radical (unpaired) electrons. The number of amides is 1. The minimum Gasteiger partial charge on any atom is -0.446 e. The minimum absolute atomic E-state index is 0.0247. The molecule has 0 heterocycles. The van der Waals surface area contributed by atoms with Gasteiger partial charge < -0.3 is 14.2 Å². The second-order valence-corrected chi connectivity index (χ2v) is 9.67. The zero-order valence-corrected chi connectivity index (χ0v) is 19.0. The number of alkyl carbamates (subject to hydrolysis) is 1. The van der Waals surface area contributed by atoms with Gasteiger partial charge in [-0.25, -0.2) is 9.64 Å². The van der Waals surface area contributed by atoms with Gasteiger partial charge in [0.15, 0.2) is 11.5 Å². The van der Waals surface area contributed by atoms with Crippen LogP contribution in [0.5, 0.6) is 5.75 Å². The lowest BCUT2D eigenvalue weighted by molar-refractivity contribution is -0.118. The molecular weight excluding hydrogens is 420 g/mol. The molecule has 1 N–H and O–H groups in total. The molecule has 2 rings (SSSR count). The summed E-state index contributed by atoms with van der Waals surface area (Å²) in [4.78, 5) is 27.5. The number of ketones is 1. The van der Waals surface area contributed by atoms with Gasteiger partial charge in [0.1, 0.15) is 17.6 Å². The van der Waals surface area contributed by atoms with E-state index in [9.17, 15) is 18.0 Å². The lowest BCUT2D eigenvalue weighted by Gasteiger charge is -2.24. The molecule has 1 atom stereocenters. The van der Waals surface area contributed by atoms with Crippen LogP contribution in [0.2, 0.25) is 0 Å². The van der Waals surface area contributed by atoms with Crippen LogP contribution in [0.4, 0.5) is 10.5 Å². The van der Waals surface area contributed by atoms with E-state index in [0.717, 1.165) is 0 Å². The number of hydrogen-bond donors (Lipinski definition) is 1. The van der Waals surface area contributed by atoms with Gasteiger partial charge in [-0.2, -0.15) is 8.42 Å². The first-order valence-electron chi connectivity index (χ1n) is 10.2. The number of Topliss-reactive ketones (excluding diaryl/α,β-unsaturated/α-hetero) is 1. The van der Waals surface area contributed by atoms with E-state index in [4.69, 9.17) is 15.5 Å². The van der Waals surface area contributed by atoms with Crippen molar-refractivity contribution in [3.05, 3.63) is 46.8 Å². The molecule has 1 aromatic rings. The van der Waals surface area contributed by atoms with Crippen molar-refractivity contribution in [1.29, 1.82) is 0 Å². The van der Waals surface area contributed by atoms with E-state index < -0.39 is 21.5 Å². The molecule has 168 valence electrons. The Bertz CT molecular complexity index is 1010. The molecule has 9 heteroatoms. The molecule has 0 fully saturated rings. The summed E-state index contributed by atoms with van der Waals surface area (Å²) in [7, 11) is -4.13. The second kappa shape index (κ2) is 10.4. The highest BCUT2D eigenvalue weighted by molar-refractivity contribution is 7.88. The lowest BCUT2D eigenvalue weighted by atomic mass is 9.91. The molecule has 0 saturated heterocycles. The van der Waals surface area contributed by atoms with Crippen LogP contribution in [0.15, 0.2) is 29.8 Å². The SMILES string of the molecule is [C-]#[N+]c1cc(OS(=O)(=O)C2CCCC=C2C(=O)C(C)C)ccc1COC(=O)NC(C)C. The Hall–Kier alpha value is -2.86. The summed E-state index contributed by atoms with van der Waals surface area (Å²) in [5, 5.41) is 1.54. The van der Waals surface area contributed by atoms with Gasteiger partial charge >= 0.3 is 16.2 Å². The number of benzene rings is 1. The van der Waals surface area contributed by atoms with Crippen LogP contribution < -0.4 is 9.50 Å². The number of carbonyl (C=O) groups excluding carboxylic acids is 2. The van der Waals surface area contributed by atoms with Crippen molar-refractivity contribution < 1.29 is 26.9 Å². The summed E-state index contributed by atoms with van der Waals surface area (Å²) in [6.45, 7) is 14.3. The molecule has 0 saturated carbocycles. The van der Waals surface area contributed by atoms with Gasteiger partial charge in [-0.05, 0) is 50.8 Å². The molecule has 1 aliphatic rings. The van der Waals surface area contributed by atoms with E-state index in [1.165, 1.54) is 18.2 Å². The molecule has 0 bridgehead atoms. The predicted molar refractivity (Wildman–Crippen MR) is 116 cm³/mol. The third-order valence-electron chi connectivity index (χ3n) is 4.69. The zero-order valence-electron chi connectivity index (χ0n) is 18.2. The van der Waals surface area contributed by atoms with Crippen molar-refractivity contribution in [2.45, 2.75) is 64.9 Å². The van der Waals surface area contributed by atoms with Crippen LogP contribution in [0, 0.1) is 12.5 Å². The van der Waals surface area contributed by atoms with Crippen molar-refractivity contribution in [3.8, 4) is 5.75 Å². The summed E-state index contributed by atoms with van der Waals surface area (Å²) in [5.74, 6) is -0.544. The van der Waals surface area contributed by atoms with E-state index in [1.54, 1.807) is 33.8 Å². The Morgan fingerprint density at radius 2 is 1.97 bits per heavy atom. The number of nitrogens with zero attached hydrogens (tertiary/aromatic N) is 1. The number of allylic oxidation sites excluding steroid dienone is 1. The summed E-state index contributed by atoms with van der Waals surface area (Å²) < 4.78 is 36.2. The van der Waals surface area contributed by atoms with E-state index >= 15 is 0 Å². The number of carbonyl (C=O) groups is 2. The average molecular weight is 449 g/mol. The third kappa shape index (κ3) is 6.56. The van der Waals surface area contributed by atoms with E-state index in [0.29, 0.717) is 24.8 Å². The monoisotopic (exact) mass is 448 g/mol. The number of ether oxygens (including phenoxy) is 1.